The first-order chi connectivity index (χ1) is 8.72. The number of carbonyl (C=O) groups excluding carboxylic acids is 2. The van der Waals surface area contributed by atoms with E-state index in [9.17, 15) is 9.59 Å². The van der Waals surface area contributed by atoms with Gasteiger partial charge in [0, 0.05) is 0 Å². The molecule has 0 saturated carbocycles. The topological polar surface area (TPSA) is 64.6 Å². The highest BCUT2D eigenvalue weighted by Crippen LogP contribution is 2.25. The summed E-state index contributed by atoms with van der Waals surface area (Å²) in [6.07, 6.45) is -1.52. The number of benzene rings is 1. The van der Waals surface area contributed by atoms with Crippen LogP contribution in [-0.4, -0.2) is 25.3 Å². The number of cyclic esters (lactones) is 1. The van der Waals surface area contributed by atoms with Gasteiger partial charge in [0.25, 0.3) is 0 Å². The van der Waals surface area contributed by atoms with Crippen LogP contribution in [0.1, 0.15) is 25.5 Å². The first-order valence-corrected chi connectivity index (χ1v) is 5.82. The van der Waals surface area contributed by atoms with E-state index in [4.69, 9.17) is 4.74 Å². The Bertz CT molecular complexity index is 405. The molecule has 1 N–H and O–H groups in total. The van der Waals surface area contributed by atoms with E-state index >= 15 is 0 Å². The number of amides is 1. The van der Waals surface area contributed by atoms with Gasteiger partial charge in [-0.25, -0.2) is 9.59 Å². The molecule has 18 heavy (non-hydrogen) atoms. The van der Waals surface area contributed by atoms with Crippen LogP contribution in [0.5, 0.6) is 0 Å². The van der Waals surface area contributed by atoms with Gasteiger partial charge >= 0.3 is 12.1 Å². The highest BCUT2D eigenvalue weighted by Gasteiger charge is 2.41. The number of alkyl carbamates (subject to hydrolysis) is 1. The number of esters is 1. The van der Waals surface area contributed by atoms with Crippen molar-refractivity contribution in [2.24, 2.45) is 0 Å². The second kappa shape index (κ2) is 6.64. The molecule has 1 aromatic carbocycles. The van der Waals surface area contributed by atoms with E-state index in [-0.39, 0.29) is 0 Å². The van der Waals surface area contributed by atoms with Crippen LogP contribution < -0.4 is 5.32 Å². The van der Waals surface area contributed by atoms with Crippen molar-refractivity contribution >= 4 is 12.1 Å². The van der Waals surface area contributed by atoms with Crippen LogP contribution in [0, 0.1) is 0 Å². The molecule has 2 rings (SSSR count). The fraction of sp³-hybridized carbons (Fsp3) is 0.385. The summed E-state index contributed by atoms with van der Waals surface area (Å²) in [6.45, 7) is 4.00. The van der Waals surface area contributed by atoms with Gasteiger partial charge in [-0.2, -0.15) is 0 Å². The average molecular weight is 251 g/mol. The fourth-order valence-corrected chi connectivity index (χ4v) is 1.64. The predicted molar refractivity (Wildman–Crippen MR) is 66.0 cm³/mol. The van der Waals surface area contributed by atoms with E-state index in [1.54, 1.807) is 0 Å². The number of nitrogens with one attached hydrogen (secondary N) is 1. The molecule has 0 aromatic heterocycles. The summed E-state index contributed by atoms with van der Waals surface area (Å²) < 4.78 is 9.43. The third-order valence-corrected chi connectivity index (χ3v) is 2.40. The lowest BCUT2D eigenvalue weighted by atomic mass is 10.0. The van der Waals surface area contributed by atoms with Gasteiger partial charge in [0.1, 0.15) is 6.04 Å². The fourth-order valence-electron chi connectivity index (χ4n) is 1.64. The minimum Gasteiger partial charge on any atom is -0.466 e. The van der Waals surface area contributed by atoms with Gasteiger partial charge in [0.2, 0.25) is 6.10 Å². The molecule has 0 bridgehead atoms. The molecule has 1 aliphatic rings. The standard InChI is InChI=1S/C11H11NO4.C2H6/c1-15-10(13)9-8(12-11(14)16-9)7-5-3-2-4-6-7;1-2/h2-6,8-9H,1H3,(H,12,14);1-2H3. The number of carbonyl (C=O) groups is 2. The van der Waals surface area contributed by atoms with E-state index < -0.39 is 24.2 Å². The minimum atomic E-state index is -0.917. The number of ether oxygens (including phenoxy) is 2. The summed E-state index contributed by atoms with van der Waals surface area (Å²) in [5.74, 6) is -0.563. The molecule has 5 nitrogen and oxygen atoms in total. The van der Waals surface area contributed by atoms with E-state index in [0.29, 0.717) is 0 Å². The van der Waals surface area contributed by atoms with E-state index in [1.165, 1.54) is 7.11 Å². The van der Waals surface area contributed by atoms with Crippen molar-refractivity contribution in [3.8, 4) is 0 Å². The van der Waals surface area contributed by atoms with Gasteiger partial charge in [-0.15, -0.1) is 0 Å². The summed E-state index contributed by atoms with van der Waals surface area (Å²) in [7, 11) is 1.26. The molecule has 5 heteroatoms. The summed E-state index contributed by atoms with van der Waals surface area (Å²) in [4.78, 5) is 22.5. The molecule has 98 valence electrons. The molecule has 1 fully saturated rings. The lowest BCUT2D eigenvalue weighted by Crippen LogP contribution is -2.30. The molecule has 1 aromatic rings. The van der Waals surface area contributed by atoms with Crippen LogP contribution in [0.15, 0.2) is 30.3 Å². The van der Waals surface area contributed by atoms with Crippen LogP contribution in [0.3, 0.4) is 0 Å². The lowest BCUT2D eigenvalue weighted by molar-refractivity contribution is -0.149. The van der Waals surface area contributed by atoms with Crippen molar-refractivity contribution < 1.29 is 19.1 Å². The summed E-state index contributed by atoms with van der Waals surface area (Å²) in [5, 5.41) is 2.57. The number of rotatable bonds is 2. The Hall–Kier alpha value is -2.04. The zero-order valence-electron chi connectivity index (χ0n) is 10.7. The molecule has 1 heterocycles. The Labute approximate surface area is 106 Å². The molecule has 1 amide bonds. The third-order valence-electron chi connectivity index (χ3n) is 2.40. The molecule has 1 aliphatic heterocycles. The van der Waals surface area contributed by atoms with Gasteiger partial charge in [0.05, 0.1) is 7.11 Å². The quantitative estimate of drug-likeness (QED) is 0.817. The van der Waals surface area contributed by atoms with E-state index in [0.717, 1.165) is 5.56 Å². The predicted octanol–water partition coefficient (Wildman–Crippen LogP) is 2.04. The molecular formula is C13H17NO4. The monoisotopic (exact) mass is 251 g/mol. The second-order valence-electron chi connectivity index (χ2n) is 3.38. The summed E-state index contributed by atoms with van der Waals surface area (Å²) >= 11 is 0. The molecular weight excluding hydrogens is 234 g/mol. The largest absolute Gasteiger partial charge is 0.466 e. The summed E-state index contributed by atoms with van der Waals surface area (Å²) in [6, 6.07) is 8.66. The van der Waals surface area contributed by atoms with Crippen LogP contribution in [0.2, 0.25) is 0 Å². The zero-order valence-corrected chi connectivity index (χ0v) is 10.7. The molecule has 0 spiro atoms. The maximum absolute atomic E-state index is 11.4. The van der Waals surface area contributed by atoms with Crippen molar-refractivity contribution in [3.05, 3.63) is 35.9 Å². The molecule has 1 saturated heterocycles. The molecule has 2 atom stereocenters. The van der Waals surface area contributed by atoms with Crippen LogP contribution in [0.4, 0.5) is 4.79 Å². The van der Waals surface area contributed by atoms with Crippen LogP contribution >= 0.6 is 0 Å². The van der Waals surface area contributed by atoms with Crippen molar-refractivity contribution in [1.82, 2.24) is 5.32 Å². The molecule has 0 aliphatic carbocycles. The first kappa shape index (κ1) is 14.0. The highest BCUT2D eigenvalue weighted by molar-refractivity contribution is 5.83. The van der Waals surface area contributed by atoms with Crippen molar-refractivity contribution in [3.63, 3.8) is 0 Å². The Kier molecular flexibility index (Phi) is 5.17. The highest BCUT2D eigenvalue weighted by atomic mass is 16.6. The Balaban J connectivity index is 0.000000771. The van der Waals surface area contributed by atoms with Crippen LogP contribution in [-0.2, 0) is 14.3 Å². The molecule has 2 unspecified atom stereocenters. The normalized spacial score (nSPS) is 21.2. The maximum atomic E-state index is 11.4. The zero-order chi connectivity index (χ0) is 13.5. The number of hydrogen-bond donors (Lipinski definition) is 1. The smallest absolute Gasteiger partial charge is 0.408 e. The Morgan fingerprint density at radius 2 is 1.89 bits per heavy atom. The number of hydrogen-bond acceptors (Lipinski definition) is 4. The van der Waals surface area contributed by atoms with E-state index in [1.807, 2.05) is 44.2 Å². The Morgan fingerprint density at radius 1 is 1.28 bits per heavy atom. The lowest BCUT2D eigenvalue weighted by Gasteiger charge is -2.14. The van der Waals surface area contributed by atoms with Gasteiger partial charge in [-0.1, -0.05) is 44.2 Å². The van der Waals surface area contributed by atoms with E-state index in [2.05, 4.69) is 10.1 Å². The number of methoxy groups -OCH3 is 1. The maximum Gasteiger partial charge on any atom is 0.408 e. The minimum absolute atomic E-state index is 0.485. The van der Waals surface area contributed by atoms with Gasteiger partial charge in [-0.3, -0.25) is 0 Å². The second-order valence-corrected chi connectivity index (χ2v) is 3.38. The van der Waals surface area contributed by atoms with Crippen molar-refractivity contribution in [2.45, 2.75) is 26.0 Å². The van der Waals surface area contributed by atoms with Crippen molar-refractivity contribution in [2.75, 3.05) is 7.11 Å². The third kappa shape index (κ3) is 3.00. The average Bonchev–Trinajstić information content (AvgIpc) is 2.83. The van der Waals surface area contributed by atoms with Crippen LogP contribution in [0.25, 0.3) is 0 Å². The van der Waals surface area contributed by atoms with Gasteiger partial charge < -0.3 is 14.8 Å². The van der Waals surface area contributed by atoms with Gasteiger partial charge in [0.15, 0.2) is 0 Å². The molecule has 0 radical (unpaired) electrons. The Morgan fingerprint density at radius 3 is 2.44 bits per heavy atom. The SMILES string of the molecule is CC.COC(=O)C1OC(=O)NC1c1ccccc1. The van der Waals surface area contributed by atoms with Crippen molar-refractivity contribution in [1.29, 1.82) is 0 Å². The summed E-state index contributed by atoms with van der Waals surface area (Å²) in [5.41, 5.74) is 0.809. The first-order valence-electron chi connectivity index (χ1n) is 5.82. The van der Waals surface area contributed by atoms with Gasteiger partial charge in [-0.05, 0) is 5.56 Å².